The van der Waals surface area contributed by atoms with Gasteiger partial charge in [0.15, 0.2) is 0 Å². The lowest BCUT2D eigenvalue weighted by Crippen LogP contribution is -2.37. The van der Waals surface area contributed by atoms with Crippen LogP contribution in [0.2, 0.25) is 0 Å². The SMILES string of the molecule is CC.NC(=O)c1cn2c(ccc3c(C(F)(F)C(F)(F)F)cc(C(F)(F)C(F)(F)F)nc32)n1. The standard InChI is InChI=1S/C15H6F10N4O.C2H6/c16-12(17,14(20,21)22)6-3-8(13(18,19)15(23,24)25)28-11-5(6)1-2-9-27-7(10(26)30)4-29(9)11;1-2/h1-4H,(H2,26,30);1-2H3. The second-order valence-electron chi connectivity index (χ2n) is 5.99. The van der Waals surface area contributed by atoms with Crippen molar-refractivity contribution in [3.05, 3.63) is 41.3 Å². The summed E-state index contributed by atoms with van der Waals surface area (Å²) in [6.45, 7) is 4.00. The van der Waals surface area contributed by atoms with Gasteiger partial charge in [-0.15, -0.1) is 0 Å². The van der Waals surface area contributed by atoms with Gasteiger partial charge in [-0.1, -0.05) is 13.8 Å². The molecule has 0 radical (unpaired) electrons. The number of alkyl halides is 10. The van der Waals surface area contributed by atoms with Gasteiger partial charge in [-0.25, -0.2) is 9.97 Å². The minimum absolute atomic E-state index is 0.377. The maximum Gasteiger partial charge on any atom is 0.459 e. The van der Waals surface area contributed by atoms with Crippen LogP contribution in [0.4, 0.5) is 43.9 Å². The van der Waals surface area contributed by atoms with Crippen molar-refractivity contribution in [1.29, 1.82) is 0 Å². The van der Waals surface area contributed by atoms with Crippen molar-refractivity contribution in [2.75, 3.05) is 0 Å². The van der Waals surface area contributed by atoms with Gasteiger partial charge in [-0.05, 0) is 18.2 Å². The van der Waals surface area contributed by atoms with Gasteiger partial charge in [-0.2, -0.15) is 43.9 Å². The fraction of sp³-hybridized carbons (Fsp3) is 0.353. The van der Waals surface area contributed by atoms with Crippen LogP contribution in [0.15, 0.2) is 24.4 Å². The first-order valence-electron chi connectivity index (χ1n) is 8.51. The molecule has 3 aromatic heterocycles. The van der Waals surface area contributed by atoms with E-state index in [0.29, 0.717) is 16.7 Å². The molecule has 0 spiro atoms. The Labute approximate surface area is 171 Å². The fourth-order valence-electron chi connectivity index (χ4n) is 2.57. The molecule has 0 unspecified atom stereocenters. The Bertz CT molecular complexity index is 1160. The number of carbonyl (C=O) groups excluding carboxylic acids is 1. The molecule has 15 heteroatoms. The van der Waals surface area contributed by atoms with Crippen molar-refractivity contribution >= 4 is 22.6 Å². The molecular weight excluding hydrogens is 466 g/mol. The first-order chi connectivity index (χ1) is 14.5. The molecule has 32 heavy (non-hydrogen) atoms. The van der Waals surface area contributed by atoms with Crippen molar-refractivity contribution in [2.45, 2.75) is 38.0 Å². The number of fused-ring (bicyclic) bond motifs is 3. The van der Waals surface area contributed by atoms with Crippen molar-refractivity contribution in [2.24, 2.45) is 5.73 Å². The molecule has 0 aliphatic heterocycles. The van der Waals surface area contributed by atoms with E-state index in [1.165, 1.54) is 0 Å². The zero-order chi connectivity index (χ0) is 24.9. The second-order valence-corrected chi connectivity index (χ2v) is 5.99. The van der Waals surface area contributed by atoms with Gasteiger partial charge in [-0.3, -0.25) is 9.20 Å². The smallest absolute Gasteiger partial charge is 0.364 e. The lowest BCUT2D eigenvalue weighted by atomic mass is 10.0. The molecule has 0 atom stereocenters. The minimum atomic E-state index is -6.35. The first kappa shape index (κ1) is 25.1. The average molecular weight is 478 g/mol. The predicted octanol–water partition coefficient (Wildman–Crippen LogP) is 5.32. The molecule has 176 valence electrons. The van der Waals surface area contributed by atoms with Crippen LogP contribution in [-0.2, 0) is 11.8 Å². The lowest BCUT2D eigenvalue weighted by Gasteiger charge is -2.24. The average Bonchev–Trinajstić information content (AvgIpc) is 3.12. The van der Waals surface area contributed by atoms with Crippen molar-refractivity contribution in [3.63, 3.8) is 0 Å². The number of pyridine rings is 2. The van der Waals surface area contributed by atoms with Gasteiger partial charge in [0.2, 0.25) is 0 Å². The van der Waals surface area contributed by atoms with Gasteiger partial charge in [0, 0.05) is 17.1 Å². The van der Waals surface area contributed by atoms with E-state index in [-0.39, 0.29) is 5.65 Å². The summed E-state index contributed by atoms with van der Waals surface area (Å²) in [5, 5.41) is -1.10. The predicted molar refractivity (Wildman–Crippen MR) is 90.3 cm³/mol. The lowest BCUT2D eigenvalue weighted by molar-refractivity contribution is -0.293. The van der Waals surface area contributed by atoms with E-state index in [2.05, 4.69) is 9.97 Å². The highest BCUT2D eigenvalue weighted by molar-refractivity contribution is 5.92. The molecule has 3 heterocycles. The fourth-order valence-corrected chi connectivity index (χ4v) is 2.57. The minimum Gasteiger partial charge on any atom is -0.364 e. The topological polar surface area (TPSA) is 73.3 Å². The summed E-state index contributed by atoms with van der Waals surface area (Å²) in [5.41, 5.74) is -1.71. The summed E-state index contributed by atoms with van der Waals surface area (Å²) >= 11 is 0. The summed E-state index contributed by atoms with van der Waals surface area (Å²) in [7, 11) is 0. The third kappa shape index (κ3) is 3.90. The number of carbonyl (C=O) groups is 1. The number of rotatable bonds is 3. The van der Waals surface area contributed by atoms with Crippen LogP contribution in [0, 0.1) is 0 Å². The quantitative estimate of drug-likeness (QED) is 0.519. The van der Waals surface area contributed by atoms with E-state index >= 15 is 0 Å². The Morgan fingerprint density at radius 1 is 0.875 bits per heavy atom. The Hall–Kier alpha value is -3.13. The van der Waals surface area contributed by atoms with E-state index in [4.69, 9.17) is 5.73 Å². The maximum absolute atomic E-state index is 14.0. The van der Waals surface area contributed by atoms with Gasteiger partial charge in [0.1, 0.15) is 22.7 Å². The molecule has 0 saturated heterocycles. The van der Waals surface area contributed by atoms with Gasteiger partial charge < -0.3 is 5.73 Å². The summed E-state index contributed by atoms with van der Waals surface area (Å²) in [6, 6.07) is 0.745. The molecule has 0 aliphatic rings. The molecule has 2 N–H and O–H groups in total. The number of amides is 1. The van der Waals surface area contributed by atoms with Gasteiger partial charge >= 0.3 is 24.2 Å². The zero-order valence-corrected chi connectivity index (χ0v) is 15.9. The van der Waals surface area contributed by atoms with Crippen LogP contribution in [0.3, 0.4) is 0 Å². The largest absolute Gasteiger partial charge is 0.459 e. The number of hydrogen-bond donors (Lipinski definition) is 1. The third-order valence-corrected chi connectivity index (χ3v) is 4.02. The van der Waals surface area contributed by atoms with E-state index in [1.54, 1.807) is 0 Å². The zero-order valence-electron chi connectivity index (χ0n) is 15.9. The van der Waals surface area contributed by atoms with Gasteiger partial charge in [0.05, 0.1) is 0 Å². The van der Waals surface area contributed by atoms with E-state index in [1.807, 2.05) is 13.8 Å². The molecular formula is C17H12F10N4O. The number of primary amides is 1. The van der Waals surface area contributed by atoms with Crippen molar-refractivity contribution in [3.8, 4) is 0 Å². The van der Waals surface area contributed by atoms with Crippen LogP contribution in [0.1, 0.15) is 35.6 Å². The van der Waals surface area contributed by atoms with E-state index in [9.17, 15) is 48.7 Å². The molecule has 0 fully saturated rings. The summed E-state index contributed by atoms with van der Waals surface area (Å²) in [6.07, 6.45) is -12.0. The Kier molecular flexibility index (Phi) is 6.11. The molecule has 5 nitrogen and oxygen atoms in total. The van der Waals surface area contributed by atoms with Crippen LogP contribution in [-0.4, -0.2) is 32.6 Å². The maximum atomic E-state index is 14.0. The normalized spacial score (nSPS) is 13.2. The molecule has 3 rings (SSSR count). The highest BCUT2D eigenvalue weighted by atomic mass is 19.4. The molecule has 0 aliphatic carbocycles. The van der Waals surface area contributed by atoms with E-state index in [0.717, 1.165) is 6.07 Å². The van der Waals surface area contributed by atoms with Gasteiger partial charge in [0.25, 0.3) is 5.91 Å². The number of nitrogens with two attached hydrogens (primary N) is 1. The van der Waals surface area contributed by atoms with Crippen LogP contribution < -0.4 is 5.73 Å². The summed E-state index contributed by atoms with van der Waals surface area (Å²) in [4.78, 5) is 17.8. The van der Waals surface area contributed by atoms with Crippen LogP contribution >= 0.6 is 0 Å². The second kappa shape index (κ2) is 7.78. The summed E-state index contributed by atoms with van der Waals surface area (Å²) < 4.78 is 133. The molecule has 0 aromatic carbocycles. The van der Waals surface area contributed by atoms with Crippen molar-refractivity contribution < 1.29 is 48.7 Å². The number of imidazole rings is 1. The highest BCUT2D eigenvalue weighted by Gasteiger charge is 2.63. The van der Waals surface area contributed by atoms with E-state index < -0.39 is 64.2 Å². The first-order valence-corrected chi connectivity index (χ1v) is 8.51. The molecule has 1 amide bonds. The number of aromatic nitrogens is 3. The number of hydrogen-bond acceptors (Lipinski definition) is 3. The van der Waals surface area contributed by atoms with Crippen LogP contribution in [0.25, 0.3) is 16.7 Å². The van der Waals surface area contributed by atoms with Crippen LogP contribution in [0.5, 0.6) is 0 Å². The number of nitrogens with zero attached hydrogens (tertiary/aromatic N) is 3. The molecule has 3 aromatic rings. The Morgan fingerprint density at radius 2 is 1.41 bits per heavy atom. The Morgan fingerprint density at radius 3 is 1.88 bits per heavy atom. The molecule has 0 saturated carbocycles. The third-order valence-electron chi connectivity index (χ3n) is 4.02. The number of halogens is 10. The van der Waals surface area contributed by atoms with Crippen molar-refractivity contribution in [1.82, 2.24) is 14.4 Å². The monoisotopic (exact) mass is 478 g/mol. The summed E-state index contributed by atoms with van der Waals surface area (Å²) in [5.74, 6) is -12.9. The Balaban J connectivity index is 0.00000176. The highest BCUT2D eigenvalue weighted by Crippen LogP contribution is 2.49. The molecule has 0 bridgehead atoms.